The third kappa shape index (κ3) is 2.88. The Morgan fingerprint density at radius 2 is 2.00 bits per heavy atom. The fraction of sp³-hybridized carbons (Fsp3) is 0.588. The molecule has 108 valence electrons. The number of rotatable bonds is 4. The van der Waals surface area contributed by atoms with Gasteiger partial charge in [-0.3, -0.25) is 4.79 Å². The summed E-state index contributed by atoms with van der Waals surface area (Å²) in [6.45, 7) is 4.94. The number of carbonyl (C=O) groups excluding carboxylic acids is 1. The number of ether oxygens (including phenoxy) is 1. The lowest BCUT2D eigenvalue weighted by Crippen LogP contribution is -2.33. The van der Waals surface area contributed by atoms with Gasteiger partial charge < -0.3 is 10.1 Å². The first kappa shape index (κ1) is 13.6. The summed E-state index contributed by atoms with van der Waals surface area (Å²) in [5.41, 5.74) is 1.44. The molecule has 1 saturated carbocycles. The summed E-state index contributed by atoms with van der Waals surface area (Å²) in [7, 11) is 0. The fourth-order valence-electron chi connectivity index (χ4n) is 3.02. The molecule has 1 aromatic rings. The maximum atomic E-state index is 12.0. The van der Waals surface area contributed by atoms with E-state index in [2.05, 4.69) is 31.3 Å². The maximum absolute atomic E-state index is 12.0. The van der Waals surface area contributed by atoms with Gasteiger partial charge in [0.05, 0.1) is 12.2 Å². The average molecular weight is 273 g/mol. The molecule has 0 unspecified atom stereocenters. The van der Waals surface area contributed by atoms with Crippen LogP contribution in [0, 0.1) is 11.3 Å². The van der Waals surface area contributed by atoms with Crippen LogP contribution in [-0.2, 0) is 9.53 Å². The molecule has 0 bridgehead atoms. The first-order chi connectivity index (χ1) is 9.56. The van der Waals surface area contributed by atoms with Crippen LogP contribution in [-0.4, -0.2) is 18.6 Å². The molecule has 3 atom stereocenters. The van der Waals surface area contributed by atoms with Crippen molar-refractivity contribution in [3.05, 3.63) is 35.9 Å². The minimum atomic E-state index is 0.158. The summed E-state index contributed by atoms with van der Waals surface area (Å²) in [6.07, 6.45) is 3.42. The molecule has 20 heavy (non-hydrogen) atoms. The Kier molecular flexibility index (Phi) is 3.55. The Morgan fingerprint density at radius 1 is 1.30 bits per heavy atom. The quantitative estimate of drug-likeness (QED) is 0.915. The second-order valence-corrected chi connectivity index (χ2v) is 6.73. The van der Waals surface area contributed by atoms with Crippen molar-refractivity contribution in [2.45, 2.75) is 45.3 Å². The molecule has 1 N–H and O–H groups in total. The van der Waals surface area contributed by atoms with Gasteiger partial charge in [-0.1, -0.05) is 44.2 Å². The summed E-state index contributed by atoms with van der Waals surface area (Å²) in [5, 5.41) is 3.05. The second kappa shape index (κ2) is 5.21. The monoisotopic (exact) mass is 273 g/mol. The van der Waals surface area contributed by atoms with Crippen LogP contribution in [0.4, 0.5) is 0 Å². The lowest BCUT2D eigenvalue weighted by molar-refractivity contribution is -0.123. The van der Waals surface area contributed by atoms with E-state index in [9.17, 15) is 4.79 Å². The van der Waals surface area contributed by atoms with Crippen molar-refractivity contribution >= 4 is 5.91 Å². The molecule has 0 aromatic heterocycles. The predicted molar refractivity (Wildman–Crippen MR) is 78.2 cm³/mol. The van der Waals surface area contributed by atoms with E-state index in [0.29, 0.717) is 6.54 Å². The smallest absolute Gasteiger partial charge is 0.223 e. The summed E-state index contributed by atoms with van der Waals surface area (Å²) >= 11 is 0. The Balaban J connectivity index is 1.46. The minimum Gasteiger partial charge on any atom is -0.368 e. The van der Waals surface area contributed by atoms with Crippen molar-refractivity contribution in [2.75, 3.05) is 6.54 Å². The highest BCUT2D eigenvalue weighted by molar-refractivity contribution is 5.82. The van der Waals surface area contributed by atoms with Crippen LogP contribution in [0.15, 0.2) is 30.3 Å². The zero-order valence-corrected chi connectivity index (χ0v) is 12.3. The zero-order chi connectivity index (χ0) is 14.2. The first-order valence-corrected chi connectivity index (χ1v) is 7.54. The molecule has 1 amide bonds. The number of hydrogen-bond donors (Lipinski definition) is 1. The van der Waals surface area contributed by atoms with E-state index < -0.39 is 0 Å². The molecule has 1 heterocycles. The fourth-order valence-corrected chi connectivity index (χ4v) is 3.02. The van der Waals surface area contributed by atoms with Crippen LogP contribution in [0.5, 0.6) is 0 Å². The van der Waals surface area contributed by atoms with Gasteiger partial charge >= 0.3 is 0 Å². The van der Waals surface area contributed by atoms with Gasteiger partial charge in [-0.2, -0.15) is 0 Å². The van der Waals surface area contributed by atoms with E-state index in [1.807, 2.05) is 18.2 Å². The Morgan fingerprint density at radius 3 is 2.65 bits per heavy atom. The standard InChI is InChI=1S/C17H23NO2/c1-17(2)10-14(17)16(19)18-11-13-8-9-15(20-13)12-6-4-3-5-7-12/h3-7,13-15H,8-11H2,1-2H3,(H,18,19)/t13-,14-,15-/m1/s1. The molecular formula is C17H23NO2. The minimum absolute atomic E-state index is 0.158. The highest BCUT2D eigenvalue weighted by atomic mass is 16.5. The number of nitrogens with one attached hydrogen (secondary N) is 1. The van der Waals surface area contributed by atoms with Gasteiger partial charge in [0.25, 0.3) is 0 Å². The highest BCUT2D eigenvalue weighted by Crippen LogP contribution is 2.51. The molecule has 3 heteroatoms. The lowest BCUT2D eigenvalue weighted by atomic mass is 10.1. The van der Waals surface area contributed by atoms with Crippen LogP contribution in [0.2, 0.25) is 0 Å². The van der Waals surface area contributed by atoms with Crippen LogP contribution in [0.25, 0.3) is 0 Å². The highest BCUT2D eigenvalue weighted by Gasteiger charge is 2.50. The Hall–Kier alpha value is -1.35. The molecule has 3 rings (SSSR count). The number of hydrogen-bond acceptors (Lipinski definition) is 2. The first-order valence-electron chi connectivity index (χ1n) is 7.54. The summed E-state index contributed by atoms with van der Waals surface area (Å²) in [5.74, 6) is 0.399. The van der Waals surface area contributed by atoms with Gasteiger partial charge in [-0.05, 0) is 30.2 Å². The van der Waals surface area contributed by atoms with E-state index in [-0.39, 0.29) is 29.4 Å². The molecule has 2 fully saturated rings. The molecule has 0 radical (unpaired) electrons. The SMILES string of the molecule is CC1(C)C[C@@H]1C(=O)NC[C@H]1CC[C@H](c2ccccc2)O1. The van der Waals surface area contributed by atoms with Gasteiger partial charge in [-0.25, -0.2) is 0 Å². The Bertz CT molecular complexity index is 483. The molecular weight excluding hydrogens is 250 g/mol. The molecule has 1 saturated heterocycles. The van der Waals surface area contributed by atoms with Gasteiger partial charge in [0, 0.05) is 12.5 Å². The molecule has 1 aliphatic heterocycles. The zero-order valence-electron chi connectivity index (χ0n) is 12.3. The Labute approximate surface area is 120 Å². The third-order valence-electron chi connectivity index (χ3n) is 4.61. The van der Waals surface area contributed by atoms with Crippen LogP contribution < -0.4 is 5.32 Å². The van der Waals surface area contributed by atoms with Crippen molar-refractivity contribution < 1.29 is 9.53 Å². The summed E-state index contributed by atoms with van der Waals surface area (Å²) < 4.78 is 6.04. The number of benzene rings is 1. The third-order valence-corrected chi connectivity index (χ3v) is 4.61. The normalized spacial score (nSPS) is 31.0. The molecule has 1 aromatic carbocycles. The van der Waals surface area contributed by atoms with Crippen molar-refractivity contribution in [1.82, 2.24) is 5.32 Å². The van der Waals surface area contributed by atoms with Gasteiger partial charge in [0.15, 0.2) is 0 Å². The van der Waals surface area contributed by atoms with E-state index >= 15 is 0 Å². The number of amides is 1. The summed E-state index contributed by atoms with van der Waals surface area (Å²) in [4.78, 5) is 12.0. The molecule has 0 spiro atoms. The van der Waals surface area contributed by atoms with Crippen LogP contribution in [0.1, 0.15) is 44.8 Å². The van der Waals surface area contributed by atoms with Gasteiger partial charge in [0.1, 0.15) is 0 Å². The van der Waals surface area contributed by atoms with Crippen molar-refractivity contribution in [1.29, 1.82) is 0 Å². The van der Waals surface area contributed by atoms with Crippen molar-refractivity contribution in [3.8, 4) is 0 Å². The van der Waals surface area contributed by atoms with Crippen molar-refractivity contribution in [3.63, 3.8) is 0 Å². The maximum Gasteiger partial charge on any atom is 0.223 e. The molecule has 3 nitrogen and oxygen atoms in total. The van der Waals surface area contributed by atoms with Gasteiger partial charge in [0.2, 0.25) is 5.91 Å². The van der Waals surface area contributed by atoms with E-state index in [1.54, 1.807) is 0 Å². The van der Waals surface area contributed by atoms with Crippen molar-refractivity contribution in [2.24, 2.45) is 11.3 Å². The van der Waals surface area contributed by atoms with Crippen LogP contribution in [0.3, 0.4) is 0 Å². The molecule has 1 aliphatic carbocycles. The van der Waals surface area contributed by atoms with E-state index in [1.165, 1.54) is 5.56 Å². The second-order valence-electron chi connectivity index (χ2n) is 6.73. The number of carbonyl (C=O) groups is 1. The van der Waals surface area contributed by atoms with E-state index in [4.69, 9.17) is 4.74 Å². The molecule has 2 aliphatic rings. The predicted octanol–water partition coefficient (Wildman–Crippen LogP) is 3.07. The summed E-state index contributed by atoms with van der Waals surface area (Å²) in [6, 6.07) is 10.3. The topological polar surface area (TPSA) is 38.3 Å². The largest absolute Gasteiger partial charge is 0.368 e. The average Bonchev–Trinajstić information content (AvgIpc) is 2.89. The van der Waals surface area contributed by atoms with Gasteiger partial charge in [-0.15, -0.1) is 0 Å². The van der Waals surface area contributed by atoms with E-state index in [0.717, 1.165) is 19.3 Å². The van der Waals surface area contributed by atoms with Crippen LogP contribution >= 0.6 is 0 Å². The lowest BCUT2D eigenvalue weighted by Gasteiger charge is -2.15.